The highest BCUT2D eigenvalue weighted by molar-refractivity contribution is 5.79. The minimum atomic E-state index is 0.0884. The predicted octanol–water partition coefficient (Wildman–Crippen LogP) is 1.21. The predicted molar refractivity (Wildman–Crippen MR) is 66.8 cm³/mol. The second kappa shape index (κ2) is 4.71. The van der Waals surface area contributed by atoms with Crippen molar-refractivity contribution in [3.8, 4) is 0 Å². The van der Waals surface area contributed by atoms with Gasteiger partial charge in [0.2, 0.25) is 5.91 Å². The highest BCUT2D eigenvalue weighted by Gasteiger charge is 2.39. The SMILES string of the molecule is CCC[C@@H]1C[C@H]1NC(=O)C1CCc2n[nH]nc2C1. The van der Waals surface area contributed by atoms with Gasteiger partial charge in [-0.05, 0) is 31.6 Å². The van der Waals surface area contributed by atoms with Crippen molar-refractivity contribution in [2.75, 3.05) is 0 Å². The molecule has 0 radical (unpaired) electrons. The van der Waals surface area contributed by atoms with E-state index in [0.717, 1.165) is 36.6 Å². The fourth-order valence-corrected chi connectivity index (χ4v) is 2.92. The fourth-order valence-electron chi connectivity index (χ4n) is 2.92. The van der Waals surface area contributed by atoms with Crippen LogP contribution in [0.3, 0.4) is 0 Å². The van der Waals surface area contributed by atoms with Gasteiger partial charge in [0, 0.05) is 18.4 Å². The number of rotatable bonds is 4. The normalized spacial score (nSPS) is 29.7. The standard InChI is InChI=1S/C13H20N4O/c1-2-3-8-6-11(8)14-13(18)9-4-5-10-12(7-9)16-17-15-10/h8-9,11H,2-7H2,1H3,(H,14,18)(H,15,16,17)/t8-,9?,11-/m1/s1. The first-order valence-corrected chi connectivity index (χ1v) is 6.96. The summed E-state index contributed by atoms with van der Waals surface area (Å²) in [7, 11) is 0. The lowest BCUT2D eigenvalue weighted by molar-refractivity contribution is -0.125. The molecule has 1 unspecified atom stereocenters. The van der Waals surface area contributed by atoms with Crippen LogP contribution in [0.5, 0.6) is 0 Å². The van der Waals surface area contributed by atoms with Crippen LogP contribution < -0.4 is 5.32 Å². The summed E-state index contributed by atoms with van der Waals surface area (Å²) in [4.78, 5) is 12.2. The molecule has 2 N–H and O–H groups in total. The molecule has 0 aromatic carbocycles. The maximum atomic E-state index is 12.2. The van der Waals surface area contributed by atoms with Gasteiger partial charge in [-0.15, -0.1) is 0 Å². The first kappa shape index (κ1) is 11.7. The first-order chi connectivity index (χ1) is 8.78. The van der Waals surface area contributed by atoms with E-state index in [0.29, 0.717) is 6.04 Å². The van der Waals surface area contributed by atoms with Gasteiger partial charge in [-0.1, -0.05) is 13.3 Å². The zero-order valence-electron chi connectivity index (χ0n) is 10.8. The van der Waals surface area contributed by atoms with Gasteiger partial charge in [0.1, 0.15) is 0 Å². The third-order valence-corrected chi connectivity index (χ3v) is 4.15. The molecule has 1 saturated carbocycles. The number of aryl methyl sites for hydroxylation is 1. The largest absolute Gasteiger partial charge is 0.353 e. The van der Waals surface area contributed by atoms with Crippen molar-refractivity contribution in [3.63, 3.8) is 0 Å². The Bertz CT molecular complexity index is 442. The Hall–Kier alpha value is -1.39. The van der Waals surface area contributed by atoms with E-state index in [2.05, 4.69) is 27.7 Å². The number of H-pyrrole nitrogens is 1. The lowest BCUT2D eigenvalue weighted by atomic mass is 9.89. The highest BCUT2D eigenvalue weighted by Crippen LogP contribution is 2.35. The zero-order chi connectivity index (χ0) is 12.5. The molecular weight excluding hydrogens is 228 g/mol. The average Bonchev–Trinajstić information content (AvgIpc) is 2.92. The van der Waals surface area contributed by atoms with E-state index in [1.807, 2.05) is 0 Å². The molecule has 0 saturated heterocycles. The summed E-state index contributed by atoms with van der Waals surface area (Å²) >= 11 is 0. The van der Waals surface area contributed by atoms with Crippen molar-refractivity contribution in [3.05, 3.63) is 11.4 Å². The minimum absolute atomic E-state index is 0.0884. The van der Waals surface area contributed by atoms with Gasteiger partial charge in [-0.25, -0.2) is 0 Å². The number of aromatic amines is 1. The number of aromatic nitrogens is 3. The molecule has 1 aromatic heterocycles. The van der Waals surface area contributed by atoms with Gasteiger partial charge in [-0.2, -0.15) is 15.4 Å². The molecule has 3 rings (SSSR count). The van der Waals surface area contributed by atoms with E-state index in [1.165, 1.54) is 19.3 Å². The van der Waals surface area contributed by atoms with Crippen LogP contribution in [0.2, 0.25) is 0 Å². The Balaban J connectivity index is 1.52. The van der Waals surface area contributed by atoms with E-state index in [1.54, 1.807) is 0 Å². The molecule has 0 bridgehead atoms. The molecule has 0 spiro atoms. The van der Waals surface area contributed by atoms with Crippen LogP contribution in [0.4, 0.5) is 0 Å². The fraction of sp³-hybridized carbons (Fsp3) is 0.769. The number of nitrogens with one attached hydrogen (secondary N) is 2. The van der Waals surface area contributed by atoms with Gasteiger partial charge < -0.3 is 5.32 Å². The second-order valence-electron chi connectivity index (χ2n) is 5.56. The van der Waals surface area contributed by atoms with Crippen LogP contribution in [-0.4, -0.2) is 27.4 Å². The summed E-state index contributed by atoms with van der Waals surface area (Å²) in [5, 5.41) is 14.0. The van der Waals surface area contributed by atoms with Crippen molar-refractivity contribution in [2.45, 2.75) is 51.5 Å². The Kier molecular flexibility index (Phi) is 3.06. The molecule has 3 atom stereocenters. The number of carbonyl (C=O) groups excluding carboxylic acids is 1. The Morgan fingerprint density at radius 2 is 2.28 bits per heavy atom. The number of carbonyl (C=O) groups is 1. The van der Waals surface area contributed by atoms with Gasteiger partial charge in [0.15, 0.2) is 0 Å². The molecule has 2 aliphatic carbocycles. The quantitative estimate of drug-likeness (QED) is 0.841. The van der Waals surface area contributed by atoms with E-state index < -0.39 is 0 Å². The molecule has 1 fully saturated rings. The third kappa shape index (κ3) is 2.26. The Labute approximate surface area is 107 Å². The monoisotopic (exact) mass is 248 g/mol. The molecular formula is C13H20N4O. The number of hydrogen-bond acceptors (Lipinski definition) is 3. The molecule has 0 aliphatic heterocycles. The molecule has 18 heavy (non-hydrogen) atoms. The molecule has 98 valence electrons. The summed E-state index contributed by atoms with van der Waals surface area (Å²) in [5.74, 6) is 1.03. The maximum absolute atomic E-state index is 12.2. The van der Waals surface area contributed by atoms with Crippen LogP contribution in [0.15, 0.2) is 0 Å². The smallest absolute Gasteiger partial charge is 0.223 e. The van der Waals surface area contributed by atoms with Gasteiger partial charge in [0.05, 0.1) is 11.4 Å². The van der Waals surface area contributed by atoms with E-state index in [-0.39, 0.29) is 11.8 Å². The van der Waals surface area contributed by atoms with Gasteiger partial charge in [0.25, 0.3) is 0 Å². The maximum Gasteiger partial charge on any atom is 0.223 e. The van der Waals surface area contributed by atoms with E-state index in [4.69, 9.17) is 0 Å². The number of nitrogens with zero attached hydrogens (tertiary/aromatic N) is 2. The summed E-state index contributed by atoms with van der Waals surface area (Å²) in [6.07, 6.45) is 6.12. The van der Waals surface area contributed by atoms with Gasteiger partial charge in [-0.3, -0.25) is 4.79 Å². The van der Waals surface area contributed by atoms with Gasteiger partial charge >= 0.3 is 0 Å². The first-order valence-electron chi connectivity index (χ1n) is 6.96. The van der Waals surface area contributed by atoms with Crippen LogP contribution in [0.25, 0.3) is 0 Å². The van der Waals surface area contributed by atoms with E-state index >= 15 is 0 Å². The summed E-state index contributed by atoms with van der Waals surface area (Å²) in [6.45, 7) is 2.20. The molecule has 2 aliphatic rings. The number of amides is 1. The minimum Gasteiger partial charge on any atom is -0.353 e. The van der Waals surface area contributed by atoms with Crippen molar-refractivity contribution < 1.29 is 4.79 Å². The Morgan fingerprint density at radius 1 is 1.44 bits per heavy atom. The second-order valence-corrected chi connectivity index (χ2v) is 5.56. The summed E-state index contributed by atoms with van der Waals surface area (Å²) in [6, 6.07) is 0.441. The number of fused-ring (bicyclic) bond motifs is 1. The topological polar surface area (TPSA) is 70.7 Å². The molecule has 1 amide bonds. The van der Waals surface area contributed by atoms with E-state index in [9.17, 15) is 4.79 Å². The highest BCUT2D eigenvalue weighted by atomic mass is 16.2. The van der Waals surface area contributed by atoms with Crippen molar-refractivity contribution in [2.24, 2.45) is 11.8 Å². The van der Waals surface area contributed by atoms with Crippen molar-refractivity contribution >= 4 is 5.91 Å². The summed E-state index contributed by atoms with van der Waals surface area (Å²) in [5.41, 5.74) is 2.01. The Morgan fingerprint density at radius 3 is 3.11 bits per heavy atom. The summed E-state index contributed by atoms with van der Waals surface area (Å²) < 4.78 is 0. The van der Waals surface area contributed by atoms with Crippen LogP contribution in [0.1, 0.15) is 44.0 Å². The molecule has 1 heterocycles. The van der Waals surface area contributed by atoms with Crippen LogP contribution >= 0.6 is 0 Å². The lowest BCUT2D eigenvalue weighted by Crippen LogP contribution is -2.36. The zero-order valence-corrected chi connectivity index (χ0v) is 10.8. The lowest BCUT2D eigenvalue weighted by Gasteiger charge is -2.19. The van der Waals surface area contributed by atoms with Crippen LogP contribution in [-0.2, 0) is 17.6 Å². The molecule has 5 heteroatoms. The number of hydrogen-bond donors (Lipinski definition) is 2. The molecule has 5 nitrogen and oxygen atoms in total. The third-order valence-electron chi connectivity index (χ3n) is 4.15. The molecule has 1 aromatic rings. The van der Waals surface area contributed by atoms with Crippen molar-refractivity contribution in [1.82, 2.24) is 20.7 Å². The van der Waals surface area contributed by atoms with Crippen molar-refractivity contribution in [1.29, 1.82) is 0 Å². The van der Waals surface area contributed by atoms with Crippen LogP contribution in [0, 0.1) is 11.8 Å². The average molecular weight is 248 g/mol.